The van der Waals surface area contributed by atoms with Crippen LogP contribution >= 0.6 is 0 Å². The van der Waals surface area contributed by atoms with Gasteiger partial charge in [-0.05, 0) is 31.9 Å². The third-order valence-corrected chi connectivity index (χ3v) is 4.46. The first-order chi connectivity index (χ1) is 11.5. The number of nitrogens with zero attached hydrogens (tertiary/aromatic N) is 3. The SMILES string of the molecule is CCC1N=Cc2c(C#N)c(N)n(-c3c(C)ccc(OC)c3C)c2N1. The number of anilines is 2. The maximum atomic E-state index is 9.54. The predicted octanol–water partition coefficient (Wildman–Crippen LogP) is 3.14. The standard InChI is InChI=1S/C18H21N5O/c1-5-15-21-9-13-12(8-19)17(20)23(18(13)22-15)16-10(2)6-7-14(24-4)11(16)3/h6-7,9,15,22H,5,20H2,1-4H3. The number of aliphatic imine (C=N–C) groups is 1. The molecule has 6 nitrogen and oxygen atoms in total. The maximum absolute atomic E-state index is 9.54. The number of aromatic nitrogens is 1. The van der Waals surface area contributed by atoms with E-state index in [-0.39, 0.29) is 6.17 Å². The molecule has 0 spiro atoms. The quantitative estimate of drug-likeness (QED) is 0.908. The van der Waals surface area contributed by atoms with Gasteiger partial charge in [0.1, 0.15) is 35.2 Å². The fraction of sp³-hybridized carbons (Fsp3) is 0.333. The fourth-order valence-corrected chi connectivity index (χ4v) is 3.18. The molecular formula is C18H21N5O. The van der Waals surface area contributed by atoms with Crippen LogP contribution in [-0.2, 0) is 0 Å². The van der Waals surface area contributed by atoms with Crippen molar-refractivity contribution in [3.05, 3.63) is 34.4 Å². The number of fused-ring (bicyclic) bond motifs is 1. The highest BCUT2D eigenvalue weighted by atomic mass is 16.5. The van der Waals surface area contributed by atoms with Crippen LogP contribution in [-0.4, -0.2) is 24.1 Å². The number of nitrogens with one attached hydrogen (secondary N) is 1. The van der Waals surface area contributed by atoms with Gasteiger partial charge in [0.25, 0.3) is 0 Å². The van der Waals surface area contributed by atoms with E-state index in [4.69, 9.17) is 10.5 Å². The molecule has 2 heterocycles. The Kier molecular flexibility index (Phi) is 3.94. The normalized spacial score (nSPS) is 15.5. The Bertz CT molecular complexity index is 873. The van der Waals surface area contributed by atoms with Gasteiger partial charge in [0.15, 0.2) is 0 Å². The molecule has 1 aliphatic rings. The largest absolute Gasteiger partial charge is 0.496 e. The number of hydrogen-bond acceptors (Lipinski definition) is 5. The summed E-state index contributed by atoms with van der Waals surface area (Å²) in [5.41, 5.74) is 10.5. The molecule has 3 rings (SSSR count). The van der Waals surface area contributed by atoms with Gasteiger partial charge in [-0.1, -0.05) is 13.0 Å². The first kappa shape index (κ1) is 15.9. The van der Waals surface area contributed by atoms with Gasteiger partial charge in [-0.15, -0.1) is 0 Å². The van der Waals surface area contributed by atoms with E-state index in [0.717, 1.165) is 40.4 Å². The van der Waals surface area contributed by atoms with Crippen molar-refractivity contribution >= 4 is 17.9 Å². The number of nitrogen functional groups attached to an aromatic ring is 1. The van der Waals surface area contributed by atoms with E-state index in [1.807, 2.05) is 30.5 Å². The summed E-state index contributed by atoms with van der Waals surface area (Å²) in [4.78, 5) is 4.44. The minimum atomic E-state index is -0.0247. The molecule has 0 bridgehead atoms. The van der Waals surface area contributed by atoms with Crippen molar-refractivity contribution in [2.45, 2.75) is 33.4 Å². The lowest BCUT2D eigenvalue weighted by molar-refractivity contribution is 0.411. The molecule has 0 amide bonds. The molecule has 1 unspecified atom stereocenters. The monoisotopic (exact) mass is 323 g/mol. The lowest BCUT2D eigenvalue weighted by atomic mass is 10.1. The molecule has 0 saturated heterocycles. The lowest BCUT2D eigenvalue weighted by Gasteiger charge is -2.23. The summed E-state index contributed by atoms with van der Waals surface area (Å²) >= 11 is 0. The van der Waals surface area contributed by atoms with Crippen LogP contribution in [0.4, 0.5) is 11.6 Å². The smallest absolute Gasteiger partial charge is 0.128 e. The van der Waals surface area contributed by atoms with E-state index in [1.165, 1.54) is 0 Å². The van der Waals surface area contributed by atoms with E-state index in [9.17, 15) is 5.26 Å². The van der Waals surface area contributed by atoms with Crippen LogP contribution in [0.25, 0.3) is 5.69 Å². The Morgan fingerprint density at radius 2 is 2.17 bits per heavy atom. The number of nitriles is 1. The average Bonchev–Trinajstić information content (AvgIpc) is 2.86. The van der Waals surface area contributed by atoms with E-state index in [2.05, 4.69) is 23.3 Å². The molecule has 1 aromatic heterocycles. The Hall–Kier alpha value is -2.94. The highest BCUT2D eigenvalue weighted by Crippen LogP contribution is 2.38. The Balaban J connectivity index is 2.34. The van der Waals surface area contributed by atoms with E-state index < -0.39 is 0 Å². The molecule has 1 atom stereocenters. The average molecular weight is 323 g/mol. The molecule has 6 heteroatoms. The van der Waals surface area contributed by atoms with Crippen LogP contribution in [0.1, 0.15) is 35.6 Å². The molecule has 124 valence electrons. The zero-order chi connectivity index (χ0) is 17.4. The van der Waals surface area contributed by atoms with Gasteiger partial charge in [0.05, 0.1) is 18.4 Å². The van der Waals surface area contributed by atoms with E-state index in [1.54, 1.807) is 13.3 Å². The number of nitrogens with two attached hydrogens (primary N) is 1. The second kappa shape index (κ2) is 5.93. The molecule has 2 aromatic rings. The molecule has 1 aliphatic heterocycles. The van der Waals surface area contributed by atoms with Crippen molar-refractivity contribution in [1.29, 1.82) is 5.26 Å². The van der Waals surface area contributed by atoms with Gasteiger partial charge >= 0.3 is 0 Å². The molecule has 1 aromatic carbocycles. The Labute approximate surface area is 141 Å². The first-order valence-electron chi connectivity index (χ1n) is 7.92. The highest BCUT2D eigenvalue weighted by molar-refractivity contribution is 5.96. The number of hydrogen-bond donors (Lipinski definition) is 2. The van der Waals surface area contributed by atoms with Gasteiger partial charge in [0, 0.05) is 11.8 Å². The summed E-state index contributed by atoms with van der Waals surface area (Å²) in [6, 6.07) is 6.14. The zero-order valence-corrected chi connectivity index (χ0v) is 14.3. The van der Waals surface area contributed by atoms with Crippen molar-refractivity contribution in [2.75, 3.05) is 18.2 Å². The summed E-state index contributed by atoms with van der Waals surface area (Å²) < 4.78 is 7.37. The predicted molar refractivity (Wildman–Crippen MR) is 96.2 cm³/mol. The molecular weight excluding hydrogens is 302 g/mol. The molecule has 3 N–H and O–H groups in total. The van der Waals surface area contributed by atoms with E-state index in [0.29, 0.717) is 11.4 Å². The number of methoxy groups -OCH3 is 1. The van der Waals surface area contributed by atoms with Crippen LogP contribution in [0.15, 0.2) is 17.1 Å². The Morgan fingerprint density at radius 1 is 1.42 bits per heavy atom. The van der Waals surface area contributed by atoms with Gasteiger partial charge < -0.3 is 15.8 Å². The van der Waals surface area contributed by atoms with Crippen LogP contribution in [0.2, 0.25) is 0 Å². The van der Waals surface area contributed by atoms with Gasteiger partial charge in [-0.2, -0.15) is 5.26 Å². The molecule has 0 saturated carbocycles. The highest BCUT2D eigenvalue weighted by Gasteiger charge is 2.27. The fourth-order valence-electron chi connectivity index (χ4n) is 3.18. The third-order valence-electron chi connectivity index (χ3n) is 4.46. The topological polar surface area (TPSA) is 88.4 Å². The summed E-state index contributed by atoms with van der Waals surface area (Å²) in [7, 11) is 1.65. The second-order valence-corrected chi connectivity index (χ2v) is 5.87. The molecule has 0 fully saturated rings. The number of rotatable bonds is 3. The molecule has 0 aliphatic carbocycles. The van der Waals surface area contributed by atoms with Crippen molar-refractivity contribution in [3.63, 3.8) is 0 Å². The van der Waals surface area contributed by atoms with Crippen molar-refractivity contribution in [2.24, 2.45) is 4.99 Å². The van der Waals surface area contributed by atoms with Crippen LogP contribution in [0.5, 0.6) is 5.75 Å². The first-order valence-corrected chi connectivity index (χ1v) is 7.92. The summed E-state index contributed by atoms with van der Waals surface area (Å²) in [5.74, 6) is 2.01. The van der Waals surface area contributed by atoms with Gasteiger partial charge in [0.2, 0.25) is 0 Å². The minimum Gasteiger partial charge on any atom is -0.496 e. The lowest BCUT2D eigenvalue weighted by Crippen LogP contribution is -2.23. The van der Waals surface area contributed by atoms with Crippen LogP contribution in [0, 0.1) is 25.2 Å². The van der Waals surface area contributed by atoms with Crippen LogP contribution < -0.4 is 15.8 Å². The maximum Gasteiger partial charge on any atom is 0.128 e. The third kappa shape index (κ3) is 2.21. The van der Waals surface area contributed by atoms with Gasteiger partial charge in [-0.3, -0.25) is 9.56 Å². The molecule has 0 radical (unpaired) electrons. The number of aryl methyl sites for hydroxylation is 1. The summed E-state index contributed by atoms with van der Waals surface area (Å²) in [6.45, 7) is 6.07. The van der Waals surface area contributed by atoms with Crippen molar-refractivity contribution in [1.82, 2.24) is 4.57 Å². The number of ether oxygens (including phenoxy) is 1. The van der Waals surface area contributed by atoms with Gasteiger partial charge in [-0.25, -0.2) is 0 Å². The summed E-state index contributed by atoms with van der Waals surface area (Å²) in [6.07, 6.45) is 2.57. The molecule has 24 heavy (non-hydrogen) atoms. The van der Waals surface area contributed by atoms with Crippen LogP contribution in [0.3, 0.4) is 0 Å². The summed E-state index contributed by atoms with van der Waals surface area (Å²) in [5, 5.41) is 12.9. The Morgan fingerprint density at radius 3 is 2.79 bits per heavy atom. The van der Waals surface area contributed by atoms with Crippen molar-refractivity contribution in [3.8, 4) is 17.5 Å². The van der Waals surface area contributed by atoms with E-state index >= 15 is 0 Å². The van der Waals surface area contributed by atoms with Crippen molar-refractivity contribution < 1.29 is 4.74 Å². The zero-order valence-electron chi connectivity index (χ0n) is 14.3. The minimum absolute atomic E-state index is 0.0247. The number of benzene rings is 1. The second-order valence-electron chi connectivity index (χ2n) is 5.87.